The summed E-state index contributed by atoms with van der Waals surface area (Å²) in [6.45, 7) is 5.52. The summed E-state index contributed by atoms with van der Waals surface area (Å²) in [4.78, 5) is 56.4. The number of fused-ring (bicyclic) bond motifs is 2. The van der Waals surface area contributed by atoms with Gasteiger partial charge in [0.25, 0.3) is 0 Å². The van der Waals surface area contributed by atoms with E-state index in [2.05, 4.69) is 49.3 Å². The molecule has 2 aromatic carbocycles. The van der Waals surface area contributed by atoms with Gasteiger partial charge < -0.3 is 29.9 Å². The van der Waals surface area contributed by atoms with Crippen molar-refractivity contribution in [2.45, 2.75) is 43.8 Å². The number of likely N-dealkylation sites (tertiary alicyclic amines) is 2. The van der Waals surface area contributed by atoms with Crippen LogP contribution in [-0.2, 0) is 9.59 Å². The fourth-order valence-corrected chi connectivity index (χ4v) is 7.57. The fourth-order valence-electron chi connectivity index (χ4n) is 7.27. The Balaban J connectivity index is 0.897. The van der Waals surface area contributed by atoms with Gasteiger partial charge in [-0.2, -0.15) is 0 Å². The summed E-state index contributed by atoms with van der Waals surface area (Å²) >= 11 is 12.3. The zero-order valence-corrected chi connectivity index (χ0v) is 33.2. The van der Waals surface area contributed by atoms with Gasteiger partial charge in [-0.25, -0.2) is 29.9 Å². The molecule has 2 atom stereocenters. The maximum atomic E-state index is 13.5. The molecule has 16 heteroatoms. The zero-order valence-electron chi connectivity index (χ0n) is 31.7. The molecule has 0 bridgehead atoms. The third kappa shape index (κ3) is 8.74. The van der Waals surface area contributed by atoms with Crippen molar-refractivity contribution in [1.82, 2.24) is 39.7 Å². The number of pyridine rings is 2. The van der Waals surface area contributed by atoms with Crippen LogP contribution in [0.3, 0.4) is 0 Å². The van der Waals surface area contributed by atoms with Crippen molar-refractivity contribution in [3.8, 4) is 11.8 Å². The lowest BCUT2D eigenvalue weighted by atomic mass is 10.1. The van der Waals surface area contributed by atoms with Crippen LogP contribution >= 0.6 is 23.2 Å². The lowest BCUT2D eigenvalue weighted by molar-refractivity contribution is -0.126. The number of amides is 2. The summed E-state index contributed by atoms with van der Waals surface area (Å²) in [5.74, 6) is 2.52. The van der Waals surface area contributed by atoms with Gasteiger partial charge in [-0.1, -0.05) is 41.9 Å². The Labute approximate surface area is 349 Å². The van der Waals surface area contributed by atoms with E-state index in [9.17, 15) is 9.59 Å². The van der Waals surface area contributed by atoms with E-state index in [-0.39, 0.29) is 24.0 Å². The molecular weight excluding hydrogens is 791 g/mol. The first-order chi connectivity index (χ1) is 28.7. The summed E-state index contributed by atoms with van der Waals surface area (Å²) in [7, 11) is 0. The summed E-state index contributed by atoms with van der Waals surface area (Å²) in [6, 6.07) is 17.2. The first kappa shape index (κ1) is 38.2. The van der Waals surface area contributed by atoms with Gasteiger partial charge >= 0.3 is 0 Å². The van der Waals surface area contributed by atoms with Crippen molar-refractivity contribution in [3.05, 3.63) is 113 Å². The highest BCUT2D eigenvalue weighted by Gasteiger charge is 2.29. The van der Waals surface area contributed by atoms with Crippen molar-refractivity contribution < 1.29 is 19.1 Å². The highest BCUT2D eigenvalue weighted by molar-refractivity contribution is 6.42. The Morgan fingerprint density at radius 1 is 0.729 bits per heavy atom. The Hall–Kier alpha value is -6.38. The van der Waals surface area contributed by atoms with Crippen LogP contribution in [0, 0.1) is 0 Å². The zero-order chi connectivity index (χ0) is 40.5. The maximum Gasteiger partial charge on any atom is 0.246 e. The van der Waals surface area contributed by atoms with E-state index >= 15 is 0 Å². The first-order valence-corrected chi connectivity index (χ1v) is 20.1. The van der Waals surface area contributed by atoms with Gasteiger partial charge in [-0.3, -0.25) is 9.59 Å². The van der Waals surface area contributed by atoms with Crippen molar-refractivity contribution in [2.75, 3.05) is 36.8 Å². The van der Waals surface area contributed by atoms with Gasteiger partial charge in [0.05, 0.1) is 51.9 Å². The van der Waals surface area contributed by atoms with Crippen LogP contribution in [0.4, 0.5) is 23.0 Å². The average Bonchev–Trinajstić information content (AvgIpc) is 3.83. The van der Waals surface area contributed by atoms with Crippen LogP contribution in [0.2, 0.25) is 10.0 Å². The molecule has 4 aromatic heterocycles. The summed E-state index contributed by atoms with van der Waals surface area (Å²) in [5.41, 5.74) is 4.10. The second-order valence-electron chi connectivity index (χ2n) is 14.7. The lowest BCUT2D eigenvalue weighted by Gasteiger charge is -2.16. The lowest BCUT2D eigenvalue weighted by Crippen LogP contribution is -2.29. The molecule has 2 N–H and O–H groups in total. The molecule has 3 aliphatic rings. The van der Waals surface area contributed by atoms with E-state index < -0.39 is 0 Å². The quantitative estimate of drug-likeness (QED) is 0.115. The number of hydrogen-bond donors (Lipinski definition) is 2. The number of rotatable bonds is 12. The summed E-state index contributed by atoms with van der Waals surface area (Å²) < 4.78 is 12.5. The number of ether oxygens (including phenoxy) is 2. The smallest absolute Gasteiger partial charge is 0.246 e. The Bertz CT molecular complexity index is 2640. The van der Waals surface area contributed by atoms with E-state index in [1.54, 1.807) is 52.5 Å². The molecule has 1 saturated carbocycles. The number of benzene rings is 2. The van der Waals surface area contributed by atoms with Crippen LogP contribution in [0.5, 0.6) is 11.8 Å². The normalized spacial score (nSPS) is 17.8. The molecule has 2 aliphatic heterocycles. The topological polar surface area (TPSA) is 160 Å². The third-order valence-electron chi connectivity index (χ3n) is 10.5. The van der Waals surface area contributed by atoms with Gasteiger partial charge in [-0.15, -0.1) is 0 Å². The number of anilines is 4. The SMILES string of the molecule is C=CC(=O)N1CCC(Oc2cc3c(Nc4cccc(C5CC5)c4)nc(/C=C\C(=O)N4CCC(Oc5cc6c(Nc7ccc(Cl)c(Cl)c7)ncnc6cn5)C4)nc3cn2)C1. The van der Waals surface area contributed by atoms with Crippen molar-refractivity contribution in [3.63, 3.8) is 0 Å². The molecule has 0 spiro atoms. The minimum Gasteiger partial charge on any atom is -0.472 e. The molecule has 1 aliphatic carbocycles. The molecule has 298 valence electrons. The second-order valence-corrected chi connectivity index (χ2v) is 15.5. The standard InChI is InChI=1S/C43H38Cl2N10O4/c1-2-40(56)54-14-12-29(22-54)58-39-19-32-36(21-47-39)52-37(53-43(32)51-27-5-3-4-26(16-27)25-6-7-25)10-11-41(57)55-15-13-30(23-55)59-38-18-31-35(20-46-38)48-24-49-42(31)50-28-8-9-33(44)34(45)17-28/h2-5,8-11,16-21,24-25,29-30H,1,6-7,12-15,22-23H2,(H,48,49,50)(H,51,52,53)/b11-10-. The third-order valence-corrected chi connectivity index (χ3v) is 11.2. The minimum absolute atomic E-state index is 0.118. The number of nitrogens with zero attached hydrogens (tertiary/aromatic N) is 8. The molecule has 2 amide bonds. The number of nitrogens with one attached hydrogen (secondary N) is 2. The van der Waals surface area contributed by atoms with Crippen molar-refractivity contribution >= 4 is 85.9 Å². The molecule has 14 nitrogen and oxygen atoms in total. The molecular formula is C43H38Cl2N10O4. The van der Waals surface area contributed by atoms with Gasteiger partial charge in [0.15, 0.2) is 5.82 Å². The van der Waals surface area contributed by atoms with Crippen LogP contribution in [-0.4, -0.2) is 89.9 Å². The van der Waals surface area contributed by atoms with Gasteiger partial charge in [-0.05, 0) is 66.8 Å². The Morgan fingerprint density at radius 2 is 1.41 bits per heavy atom. The number of carbonyl (C=O) groups excluding carboxylic acids is 2. The number of carbonyl (C=O) groups is 2. The molecule has 2 saturated heterocycles. The largest absolute Gasteiger partial charge is 0.472 e. The van der Waals surface area contributed by atoms with E-state index in [0.29, 0.717) is 112 Å². The number of hydrogen-bond acceptors (Lipinski definition) is 12. The summed E-state index contributed by atoms with van der Waals surface area (Å²) in [6.07, 6.45) is 12.3. The molecule has 6 heterocycles. The highest BCUT2D eigenvalue weighted by Crippen LogP contribution is 2.41. The molecule has 59 heavy (non-hydrogen) atoms. The van der Waals surface area contributed by atoms with Crippen LogP contribution in [0.15, 0.2) is 92.0 Å². The molecule has 3 fully saturated rings. The monoisotopic (exact) mass is 828 g/mol. The highest BCUT2D eigenvalue weighted by atomic mass is 35.5. The Kier molecular flexibility index (Phi) is 10.7. The van der Waals surface area contributed by atoms with E-state index in [0.717, 1.165) is 5.69 Å². The minimum atomic E-state index is -0.273. The average molecular weight is 830 g/mol. The number of aromatic nitrogens is 6. The van der Waals surface area contributed by atoms with Crippen LogP contribution in [0.1, 0.15) is 43.0 Å². The molecule has 0 radical (unpaired) electrons. The molecule has 2 unspecified atom stereocenters. The predicted octanol–water partition coefficient (Wildman–Crippen LogP) is 7.89. The van der Waals surface area contributed by atoms with E-state index in [1.165, 1.54) is 36.9 Å². The van der Waals surface area contributed by atoms with E-state index in [1.807, 2.05) is 18.2 Å². The predicted molar refractivity (Wildman–Crippen MR) is 227 cm³/mol. The van der Waals surface area contributed by atoms with Crippen molar-refractivity contribution in [1.29, 1.82) is 0 Å². The second kappa shape index (κ2) is 16.5. The molecule has 6 aromatic rings. The molecule has 9 rings (SSSR count). The summed E-state index contributed by atoms with van der Waals surface area (Å²) in [5, 5.41) is 9.04. The fraction of sp³-hybridized carbons (Fsp3) is 0.256. The first-order valence-electron chi connectivity index (χ1n) is 19.3. The number of halogens is 2. The van der Waals surface area contributed by atoms with Crippen molar-refractivity contribution in [2.24, 2.45) is 0 Å². The van der Waals surface area contributed by atoms with Crippen LogP contribution in [0.25, 0.3) is 27.9 Å². The van der Waals surface area contributed by atoms with Gasteiger partial charge in [0.1, 0.15) is 30.2 Å². The van der Waals surface area contributed by atoms with Gasteiger partial charge in [0, 0.05) is 60.9 Å². The Morgan fingerprint density at radius 3 is 2.12 bits per heavy atom. The van der Waals surface area contributed by atoms with Gasteiger partial charge in [0.2, 0.25) is 23.6 Å². The van der Waals surface area contributed by atoms with Crippen LogP contribution < -0.4 is 20.1 Å². The maximum absolute atomic E-state index is 13.5. The van der Waals surface area contributed by atoms with E-state index in [4.69, 9.17) is 42.6 Å².